The molecule has 0 aliphatic carbocycles. The highest BCUT2D eigenvalue weighted by Crippen LogP contribution is 2.32. The van der Waals surface area contributed by atoms with Gasteiger partial charge < -0.3 is 25.6 Å². The van der Waals surface area contributed by atoms with Gasteiger partial charge in [0.1, 0.15) is 23.8 Å². The summed E-state index contributed by atoms with van der Waals surface area (Å²) >= 11 is 6.07. The lowest BCUT2D eigenvalue weighted by molar-refractivity contribution is -0.136. The van der Waals surface area contributed by atoms with Gasteiger partial charge in [-0.25, -0.2) is 4.39 Å². The van der Waals surface area contributed by atoms with E-state index in [1.165, 1.54) is 12.1 Å². The van der Waals surface area contributed by atoms with Crippen molar-refractivity contribution in [3.8, 4) is 5.75 Å². The number of aliphatic carboxylic acids is 1. The Morgan fingerprint density at radius 3 is 2.68 bits per heavy atom. The van der Waals surface area contributed by atoms with Gasteiger partial charge in [0.05, 0.1) is 6.42 Å². The molecule has 0 amide bonds. The Morgan fingerprint density at radius 2 is 2.00 bits per heavy atom. The predicted molar refractivity (Wildman–Crippen MR) is 131 cm³/mol. The predicted octanol–water partition coefficient (Wildman–Crippen LogP) is 3.83. The summed E-state index contributed by atoms with van der Waals surface area (Å²) in [4.78, 5) is 11.1. The minimum absolute atomic E-state index is 0.116. The van der Waals surface area contributed by atoms with Crippen LogP contribution < -0.4 is 15.4 Å². The largest absolute Gasteiger partial charge is 0.490 e. The number of halogens is 2. The van der Waals surface area contributed by atoms with Crippen LogP contribution >= 0.6 is 11.6 Å². The molecule has 3 rings (SSSR count). The summed E-state index contributed by atoms with van der Waals surface area (Å²) in [6.45, 7) is 6.98. The number of hydrogen-bond acceptors (Lipinski definition) is 5. The molecule has 8 heteroatoms. The fourth-order valence-corrected chi connectivity index (χ4v) is 4.66. The fourth-order valence-electron chi connectivity index (χ4n) is 4.54. The molecule has 1 unspecified atom stereocenters. The third kappa shape index (κ3) is 7.15. The van der Waals surface area contributed by atoms with E-state index in [9.17, 15) is 14.3 Å². The van der Waals surface area contributed by atoms with E-state index in [0.29, 0.717) is 22.5 Å². The molecule has 6 nitrogen and oxygen atoms in total. The quantitative estimate of drug-likeness (QED) is 0.403. The topological polar surface area (TPSA) is 90.8 Å². The van der Waals surface area contributed by atoms with Gasteiger partial charge in [0.15, 0.2) is 0 Å². The maximum atomic E-state index is 13.7. The van der Waals surface area contributed by atoms with Gasteiger partial charge in [0, 0.05) is 34.8 Å². The van der Waals surface area contributed by atoms with Crippen LogP contribution in [0.15, 0.2) is 42.5 Å². The van der Waals surface area contributed by atoms with E-state index in [4.69, 9.17) is 21.4 Å². The van der Waals surface area contributed by atoms with Crippen LogP contribution in [0.1, 0.15) is 38.3 Å². The first kappa shape index (κ1) is 26.4. The van der Waals surface area contributed by atoms with Crippen molar-refractivity contribution in [2.24, 2.45) is 5.92 Å². The zero-order valence-corrected chi connectivity index (χ0v) is 20.7. The van der Waals surface area contributed by atoms with Crippen molar-refractivity contribution in [3.05, 3.63) is 64.4 Å². The van der Waals surface area contributed by atoms with Gasteiger partial charge in [0.25, 0.3) is 0 Å². The van der Waals surface area contributed by atoms with Gasteiger partial charge in [0.2, 0.25) is 0 Å². The number of ether oxygens (including phenoxy) is 1. The first-order valence-electron chi connectivity index (χ1n) is 11.6. The Kier molecular flexibility index (Phi) is 8.57. The van der Waals surface area contributed by atoms with Crippen molar-refractivity contribution in [3.63, 3.8) is 0 Å². The maximum Gasteiger partial charge on any atom is 0.307 e. The van der Waals surface area contributed by atoms with E-state index in [0.717, 1.165) is 31.0 Å². The Labute approximate surface area is 205 Å². The molecular weight excluding hydrogens is 459 g/mol. The Morgan fingerprint density at radius 1 is 1.29 bits per heavy atom. The lowest BCUT2D eigenvalue weighted by atomic mass is 9.72. The summed E-state index contributed by atoms with van der Waals surface area (Å²) in [5.74, 6) is -1.15. The Bertz CT molecular complexity index is 985. The SMILES string of the molecule is C[C@H]1C[C@@](Cc2ccc(Cl)cc2)(NCC(C)(O)COc2cc(F)ccc2CC(=O)O)[C@@H](C)CN1. The number of aliphatic hydroxyl groups is 1. The average Bonchev–Trinajstić information content (AvgIpc) is 2.77. The minimum Gasteiger partial charge on any atom is -0.490 e. The van der Waals surface area contributed by atoms with Gasteiger partial charge in [-0.3, -0.25) is 4.79 Å². The number of hydrogen-bond donors (Lipinski definition) is 4. The molecular formula is C26H34ClFN2O4. The Hall–Kier alpha value is -2.19. The molecule has 0 aromatic heterocycles. The van der Waals surface area contributed by atoms with E-state index < -0.39 is 17.4 Å². The summed E-state index contributed by atoms with van der Waals surface area (Å²) < 4.78 is 19.5. The fraction of sp³-hybridized carbons (Fsp3) is 0.500. The number of nitrogens with one attached hydrogen (secondary N) is 2. The molecule has 4 atom stereocenters. The lowest BCUT2D eigenvalue weighted by Crippen LogP contribution is -2.64. The van der Waals surface area contributed by atoms with Gasteiger partial charge in [-0.2, -0.15) is 0 Å². The number of carboxylic acid groups (broad SMARTS) is 1. The number of rotatable bonds is 10. The van der Waals surface area contributed by atoms with Crippen molar-refractivity contribution >= 4 is 17.6 Å². The van der Waals surface area contributed by atoms with Crippen LogP contribution in [0.3, 0.4) is 0 Å². The molecule has 2 aromatic carbocycles. The summed E-state index contributed by atoms with van der Waals surface area (Å²) in [5.41, 5.74) is -0.00631. The second-order valence-corrected chi connectivity index (χ2v) is 10.3. The van der Waals surface area contributed by atoms with Crippen LogP contribution in [0.25, 0.3) is 0 Å². The number of β-amino-alcohol motifs (C(OH)–C–C–N with tert-alkyl or cyclic N) is 1. The van der Waals surface area contributed by atoms with Crippen molar-refractivity contribution in [1.29, 1.82) is 0 Å². The van der Waals surface area contributed by atoms with E-state index >= 15 is 0 Å². The van der Waals surface area contributed by atoms with Crippen LogP contribution in [-0.2, 0) is 17.6 Å². The molecule has 4 N–H and O–H groups in total. The molecule has 0 spiro atoms. The zero-order valence-electron chi connectivity index (χ0n) is 19.9. The Balaban J connectivity index is 1.72. The number of carbonyl (C=O) groups is 1. The molecule has 1 aliphatic rings. The lowest BCUT2D eigenvalue weighted by Gasteiger charge is -2.48. The van der Waals surface area contributed by atoms with Crippen LogP contribution in [-0.4, -0.2) is 53.1 Å². The average molecular weight is 493 g/mol. The van der Waals surface area contributed by atoms with Crippen LogP contribution in [0.4, 0.5) is 4.39 Å². The monoisotopic (exact) mass is 492 g/mol. The van der Waals surface area contributed by atoms with E-state index in [2.05, 4.69) is 24.5 Å². The second-order valence-electron chi connectivity index (χ2n) is 9.84. The molecule has 0 saturated carbocycles. The van der Waals surface area contributed by atoms with Crippen molar-refractivity contribution in [1.82, 2.24) is 10.6 Å². The summed E-state index contributed by atoms with van der Waals surface area (Å²) in [6.07, 6.45) is 1.37. The molecule has 34 heavy (non-hydrogen) atoms. The normalized spacial score (nSPS) is 24.4. The van der Waals surface area contributed by atoms with Crippen molar-refractivity contribution < 1.29 is 24.1 Å². The zero-order chi connectivity index (χ0) is 24.9. The molecule has 0 bridgehead atoms. The first-order chi connectivity index (χ1) is 16.0. The van der Waals surface area contributed by atoms with Gasteiger partial charge >= 0.3 is 5.97 Å². The minimum atomic E-state index is -1.27. The van der Waals surface area contributed by atoms with Gasteiger partial charge in [-0.05, 0) is 62.9 Å². The third-order valence-electron chi connectivity index (χ3n) is 6.55. The highest BCUT2D eigenvalue weighted by molar-refractivity contribution is 6.30. The summed E-state index contributed by atoms with van der Waals surface area (Å²) in [6, 6.07) is 11.9. The van der Waals surface area contributed by atoms with E-state index in [-0.39, 0.29) is 30.9 Å². The van der Waals surface area contributed by atoms with Gasteiger partial charge in [-0.15, -0.1) is 0 Å². The number of piperidine rings is 1. The number of benzene rings is 2. The molecule has 186 valence electrons. The van der Waals surface area contributed by atoms with Crippen molar-refractivity contribution in [2.75, 3.05) is 19.7 Å². The maximum absolute atomic E-state index is 13.7. The summed E-state index contributed by atoms with van der Waals surface area (Å²) in [7, 11) is 0. The third-order valence-corrected chi connectivity index (χ3v) is 6.80. The molecule has 1 saturated heterocycles. The van der Waals surface area contributed by atoms with E-state index in [1.807, 2.05) is 24.3 Å². The van der Waals surface area contributed by atoms with E-state index in [1.54, 1.807) is 6.92 Å². The molecule has 0 radical (unpaired) electrons. The van der Waals surface area contributed by atoms with Crippen LogP contribution in [0, 0.1) is 11.7 Å². The molecule has 1 heterocycles. The smallest absolute Gasteiger partial charge is 0.307 e. The standard InChI is InChI=1S/C26H34ClFN2O4/c1-17-14-29-18(2)12-26(17,13-19-4-7-21(27)8-5-19)30-15-25(3,33)16-34-23-11-22(28)9-6-20(23)10-24(31)32/h4-9,11,17-18,29-30,33H,10,12-16H2,1-3H3,(H,31,32)/t17-,18-,25?,26-/m0/s1. The van der Waals surface area contributed by atoms with Gasteiger partial charge in [-0.1, -0.05) is 36.7 Å². The van der Waals surface area contributed by atoms with Crippen LogP contribution in [0.2, 0.25) is 5.02 Å². The highest BCUT2D eigenvalue weighted by Gasteiger charge is 2.41. The molecule has 1 aliphatic heterocycles. The number of carboxylic acids is 1. The second kappa shape index (κ2) is 11.0. The van der Waals surface area contributed by atoms with Crippen LogP contribution in [0.5, 0.6) is 5.75 Å². The molecule has 1 fully saturated rings. The summed E-state index contributed by atoms with van der Waals surface area (Å²) in [5, 5.41) is 28.0. The molecule has 2 aromatic rings. The first-order valence-corrected chi connectivity index (χ1v) is 11.9. The highest BCUT2D eigenvalue weighted by atomic mass is 35.5. The van der Waals surface area contributed by atoms with Crippen molar-refractivity contribution in [2.45, 2.75) is 57.2 Å².